The van der Waals surface area contributed by atoms with E-state index in [0.29, 0.717) is 6.42 Å². The number of rotatable bonds is 4. The van der Waals surface area contributed by atoms with Crippen LogP contribution in [0, 0.1) is 18.3 Å². The lowest BCUT2D eigenvalue weighted by Gasteiger charge is -2.10. The number of hydrogen-bond acceptors (Lipinski definition) is 3. The fourth-order valence-electron chi connectivity index (χ4n) is 1.20. The van der Waals surface area contributed by atoms with Crippen molar-refractivity contribution in [3.8, 4) is 6.07 Å². The normalized spacial score (nSPS) is 12.1. The Kier molecular flexibility index (Phi) is 4.09. The second kappa shape index (κ2) is 5.36. The second-order valence-electron chi connectivity index (χ2n) is 3.39. The number of aryl methyl sites for hydroxylation is 1. The fourth-order valence-corrected chi connectivity index (χ4v) is 1.20. The summed E-state index contributed by atoms with van der Waals surface area (Å²) in [5.41, 5.74) is 2.24. The molecule has 0 spiro atoms. The molecular formula is C11H15N3. The summed E-state index contributed by atoms with van der Waals surface area (Å²) in [5.74, 6) is 0. The smallest absolute Gasteiger partial charge is 0.0638 e. The maximum Gasteiger partial charge on any atom is 0.0638 e. The maximum atomic E-state index is 8.49. The van der Waals surface area contributed by atoms with E-state index in [2.05, 4.69) is 22.4 Å². The molecule has 1 aromatic heterocycles. The topological polar surface area (TPSA) is 48.7 Å². The van der Waals surface area contributed by atoms with E-state index in [1.54, 1.807) is 6.20 Å². The van der Waals surface area contributed by atoms with Gasteiger partial charge in [0.05, 0.1) is 12.5 Å². The molecule has 0 aliphatic heterocycles. The third-order valence-electron chi connectivity index (χ3n) is 2.15. The van der Waals surface area contributed by atoms with Crippen molar-refractivity contribution < 1.29 is 0 Å². The summed E-state index contributed by atoms with van der Waals surface area (Å²) in [4.78, 5) is 4.20. The van der Waals surface area contributed by atoms with Gasteiger partial charge in [-0.3, -0.25) is 4.98 Å². The first-order valence-corrected chi connectivity index (χ1v) is 4.75. The SMILES string of the molecule is Cc1ncccc1CNC(C)CC#N. The third kappa shape index (κ3) is 3.15. The summed E-state index contributed by atoms with van der Waals surface area (Å²) >= 11 is 0. The summed E-state index contributed by atoms with van der Waals surface area (Å²) in [6.45, 7) is 4.78. The Bertz CT molecular complexity index is 328. The standard InChI is InChI=1S/C11H15N3/c1-9(5-6-12)14-8-11-4-3-7-13-10(11)2/h3-4,7,9,14H,5,8H2,1-2H3. The Balaban J connectivity index is 2.46. The molecule has 0 amide bonds. The van der Waals surface area contributed by atoms with Gasteiger partial charge >= 0.3 is 0 Å². The van der Waals surface area contributed by atoms with E-state index in [1.807, 2.05) is 19.9 Å². The average Bonchev–Trinajstić information content (AvgIpc) is 2.17. The Labute approximate surface area is 84.8 Å². The van der Waals surface area contributed by atoms with Gasteiger partial charge in [-0.25, -0.2) is 0 Å². The van der Waals surface area contributed by atoms with E-state index in [9.17, 15) is 0 Å². The van der Waals surface area contributed by atoms with Crippen LogP contribution in [-0.4, -0.2) is 11.0 Å². The zero-order valence-corrected chi connectivity index (χ0v) is 8.62. The molecule has 0 saturated carbocycles. The molecule has 1 aromatic rings. The minimum atomic E-state index is 0.236. The van der Waals surface area contributed by atoms with Crippen molar-refractivity contribution in [2.75, 3.05) is 0 Å². The molecule has 0 aromatic carbocycles. The lowest BCUT2D eigenvalue weighted by atomic mass is 10.2. The van der Waals surface area contributed by atoms with Crippen molar-refractivity contribution in [2.45, 2.75) is 32.9 Å². The summed E-state index contributed by atoms with van der Waals surface area (Å²) in [5, 5.41) is 11.8. The number of nitrogens with one attached hydrogen (secondary N) is 1. The molecule has 3 nitrogen and oxygen atoms in total. The van der Waals surface area contributed by atoms with Gasteiger partial charge < -0.3 is 5.32 Å². The monoisotopic (exact) mass is 189 g/mol. The highest BCUT2D eigenvalue weighted by Crippen LogP contribution is 2.03. The van der Waals surface area contributed by atoms with Crippen molar-refractivity contribution in [2.24, 2.45) is 0 Å². The Morgan fingerprint density at radius 3 is 3.07 bits per heavy atom. The molecule has 1 N–H and O–H groups in total. The number of pyridine rings is 1. The van der Waals surface area contributed by atoms with Gasteiger partial charge in [0.25, 0.3) is 0 Å². The Morgan fingerprint density at radius 2 is 2.43 bits per heavy atom. The van der Waals surface area contributed by atoms with E-state index >= 15 is 0 Å². The Morgan fingerprint density at radius 1 is 1.64 bits per heavy atom. The number of aromatic nitrogens is 1. The predicted octanol–water partition coefficient (Wildman–Crippen LogP) is 1.78. The fraction of sp³-hybridized carbons (Fsp3) is 0.455. The molecule has 3 heteroatoms. The molecule has 14 heavy (non-hydrogen) atoms. The van der Waals surface area contributed by atoms with E-state index in [1.165, 1.54) is 5.56 Å². The average molecular weight is 189 g/mol. The minimum Gasteiger partial charge on any atom is -0.309 e. The zero-order chi connectivity index (χ0) is 10.4. The lowest BCUT2D eigenvalue weighted by Crippen LogP contribution is -2.25. The van der Waals surface area contributed by atoms with Gasteiger partial charge in [-0.1, -0.05) is 6.07 Å². The zero-order valence-electron chi connectivity index (χ0n) is 8.62. The van der Waals surface area contributed by atoms with Gasteiger partial charge in [0.2, 0.25) is 0 Å². The first kappa shape index (κ1) is 10.7. The van der Waals surface area contributed by atoms with Gasteiger partial charge in [0.1, 0.15) is 0 Å². The molecule has 74 valence electrons. The van der Waals surface area contributed by atoms with Crippen LogP contribution in [0.4, 0.5) is 0 Å². The van der Waals surface area contributed by atoms with Crippen molar-refractivity contribution in [1.29, 1.82) is 5.26 Å². The van der Waals surface area contributed by atoms with Crippen LogP contribution in [0.3, 0.4) is 0 Å². The lowest BCUT2D eigenvalue weighted by molar-refractivity contribution is 0.555. The van der Waals surface area contributed by atoms with E-state index in [4.69, 9.17) is 5.26 Å². The molecule has 1 unspecified atom stereocenters. The van der Waals surface area contributed by atoms with Gasteiger partial charge in [0, 0.05) is 24.5 Å². The second-order valence-corrected chi connectivity index (χ2v) is 3.39. The molecule has 1 heterocycles. The van der Waals surface area contributed by atoms with Gasteiger partial charge in [0.15, 0.2) is 0 Å². The molecule has 0 saturated heterocycles. The van der Waals surface area contributed by atoms with Crippen LogP contribution in [0.15, 0.2) is 18.3 Å². The number of nitrogens with zero attached hydrogens (tertiary/aromatic N) is 2. The van der Waals surface area contributed by atoms with Gasteiger partial charge in [-0.2, -0.15) is 5.26 Å². The molecule has 0 bridgehead atoms. The first-order chi connectivity index (χ1) is 6.74. The summed E-state index contributed by atoms with van der Waals surface area (Å²) < 4.78 is 0. The predicted molar refractivity (Wildman–Crippen MR) is 55.5 cm³/mol. The summed E-state index contributed by atoms with van der Waals surface area (Å²) in [6.07, 6.45) is 2.33. The van der Waals surface area contributed by atoms with Crippen LogP contribution in [0.1, 0.15) is 24.6 Å². The highest BCUT2D eigenvalue weighted by atomic mass is 14.9. The molecule has 0 fully saturated rings. The third-order valence-corrected chi connectivity index (χ3v) is 2.15. The highest BCUT2D eigenvalue weighted by Gasteiger charge is 2.02. The highest BCUT2D eigenvalue weighted by molar-refractivity contribution is 5.17. The van der Waals surface area contributed by atoms with E-state index in [0.717, 1.165) is 12.2 Å². The van der Waals surface area contributed by atoms with Crippen molar-refractivity contribution >= 4 is 0 Å². The quantitative estimate of drug-likeness (QED) is 0.785. The van der Waals surface area contributed by atoms with Gasteiger partial charge in [-0.15, -0.1) is 0 Å². The number of hydrogen-bond donors (Lipinski definition) is 1. The van der Waals surface area contributed by atoms with Crippen LogP contribution in [0.2, 0.25) is 0 Å². The summed E-state index contributed by atoms with van der Waals surface area (Å²) in [6, 6.07) is 6.36. The van der Waals surface area contributed by atoms with Crippen LogP contribution < -0.4 is 5.32 Å². The molecule has 0 aliphatic carbocycles. The van der Waals surface area contributed by atoms with Crippen LogP contribution in [0.25, 0.3) is 0 Å². The molecule has 1 atom stereocenters. The van der Waals surface area contributed by atoms with Crippen molar-refractivity contribution in [3.05, 3.63) is 29.6 Å². The van der Waals surface area contributed by atoms with Crippen molar-refractivity contribution in [3.63, 3.8) is 0 Å². The van der Waals surface area contributed by atoms with E-state index in [-0.39, 0.29) is 6.04 Å². The molecule has 0 aliphatic rings. The van der Waals surface area contributed by atoms with Crippen LogP contribution in [0.5, 0.6) is 0 Å². The Hall–Kier alpha value is -1.40. The summed E-state index contributed by atoms with van der Waals surface area (Å²) in [7, 11) is 0. The molecule has 1 rings (SSSR count). The van der Waals surface area contributed by atoms with Crippen LogP contribution >= 0.6 is 0 Å². The van der Waals surface area contributed by atoms with E-state index < -0.39 is 0 Å². The van der Waals surface area contributed by atoms with Crippen molar-refractivity contribution in [1.82, 2.24) is 10.3 Å². The molecular weight excluding hydrogens is 174 g/mol. The van der Waals surface area contributed by atoms with Gasteiger partial charge in [-0.05, 0) is 25.5 Å². The maximum absolute atomic E-state index is 8.49. The minimum absolute atomic E-state index is 0.236. The van der Waals surface area contributed by atoms with Crippen LogP contribution in [-0.2, 0) is 6.54 Å². The first-order valence-electron chi connectivity index (χ1n) is 4.75. The molecule has 0 radical (unpaired) electrons. The largest absolute Gasteiger partial charge is 0.309 e. The number of nitriles is 1.